The number of benzene rings is 1. The van der Waals surface area contributed by atoms with Gasteiger partial charge in [0, 0.05) is 11.6 Å². The molecule has 2 aromatic rings. The van der Waals surface area contributed by atoms with Gasteiger partial charge in [0.25, 0.3) is 5.91 Å². The molecule has 5 nitrogen and oxygen atoms in total. The Morgan fingerprint density at radius 1 is 1.20 bits per heavy atom. The summed E-state index contributed by atoms with van der Waals surface area (Å²) in [6, 6.07) is 10.4. The van der Waals surface area contributed by atoms with Crippen molar-refractivity contribution in [2.75, 3.05) is 19.0 Å². The van der Waals surface area contributed by atoms with Crippen LogP contribution in [0.15, 0.2) is 42.6 Å². The molecule has 0 saturated heterocycles. The van der Waals surface area contributed by atoms with E-state index in [0.29, 0.717) is 23.7 Å². The minimum Gasteiger partial charge on any atom is -0.494 e. The number of anilines is 1. The van der Waals surface area contributed by atoms with Crippen LogP contribution in [0.2, 0.25) is 0 Å². The van der Waals surface area contributed by atoms with Gasteiger partial charge in [-0.25, -0.2) is 4.98 Å². The molecule has 0 atom stereocenters. The van der Waals surface area contributed by atoms with E-state index in [2.05, 4.69) is 10.3 Å². The predicted octanol–water partition coefficient (Wildman–Crippen LogP) is 2.74. The van der Waals surface area contributed by atoms with Crippen molar-refractivity contribution in [1.29, 1.82) is 0 Å². The summed E-state index contributed by atoms with van der Waals surface area (Å²) in [6.45, 7) is 2.51. The van der Waals surface area contributed by atoms with Gasteiger partial charge in [-0.15, -0.1) is 0 Å². The third-order valence-corrected chi connectivity index (χ3v) is 2.63. The molecule has 0 saturated carbocycles. The van der Waals surface area contributed by atoms with Crippen LogP contribution in [-0.4, -0.2) is 24.6 Å². The van der Waals surface area contributed by atoms with Crippen LogP contribution in [0.3, 0.4) is 0 Å². The maximum Gasteiger partial charge on any atom is 0.255 e. The number of nitrogens with zero attached hydrogens (tertiary/aromatic N) is 1. The van der Waals surface area contributed by atoms with Crippen LogP contribution in [0.25, 0.3) is 0 Å². The third kappa shape index (κ3) is 3.47. The largest absolute Gasteiger partial charge is 0.494 e. The van der Waals surface area contributed by atoms with E-state index in [-0.39, 0.29) is 5.91 Å². The molecule has 1 aromatic carbocycles. The molecule has 104 valence electrons. The van der Waals surface area contributed by atoms with Gasteiger partial charge in [0.2, 0.25) is 5.88 Å². The number of ether oxygens (including phenoxy) is 2. The van der Waals surface area contributed by atoms with E-state index < -0.39 is 0 Å². The van der Waals surface area contributed by atoms with Gasteiger partial charge in [-0.1, -0.05) is 0 Å². The number of carbonyl (C=O) groups excluding carboxylic acids is 1. The molecule has 0 aliphatic rings. The van der Waals surface area contributed by atoms with E-state index in [1.807, 2.05) is 6.92 Å². The van der Waals surface area contributed by atoms with Gasteiger partial charge in [-0.3, -0.25) is 4.79 Å². The van der Waals surface area contributed by atoms with E-state index in [9.17, 15) is 4.79 Å². The van der Waals surface area contributed by atoms with Crippen molar-refractivity contribution in [3.05, 3.63) is 48.2 Å². The van der Waals surface area contributed by atoms with E-state index in [4.69, 9.17) is 9.47 Å². The maximum absolute atomic E-state index is 12.0. The number of pyridine rings is 1. The Hall–Kier alpha value is -2.56. The van der Waals surface area contributed by atoms with Crippen molar-refractivity contribution >= 4 is 11.6 Å². The predicted molar refractivity (Wildman–Crippen MR) is 76.4 cm³/mol. The molecule has 1 N–H and O–H groups in total. The summed E-state index contributed by atoms with van der Waals surface area (Å²) >= 11 is 0. The zero-order valence-corrected chi connectivity index (χ0v) is 11.4. The van der Waals surface area contributed by atoms with Crippen molar-refractivity contribution in [3.8, 4) is 11.6 Å². The van der Waals surface area contributed by atoms with E-state index in [0.717, 1.165) is 5.75 Å². The summed E-state index contributed by atoms with van der Waals surface area (Å²) in [5.41, 5.74) is 1.17. The zero-order chi connectivity index (χ0) is 14.4. The second-order valence-electron chi connectivity index (χ2n) is 4.00. The average Bonchev–Trinajstić information content (AvgIpc) is 2.49. The fourth-order valence-corrected chi connectivity index (χ4v) is 1.65. The van der Waals surface area contributed by atoms with Crippen molar-refractivity contribution in [2.45, 2.75) is 6.92 Å². The number of amides is 1. The Kier molecular flexibility index (Phi) is 4.55. The van der Waals surface area contributed by atoms with Gasteiger partial charge < -0.3 is 14.8 Å². The first-order valence-corrected chi connectivity index (χ1v) is 6.27. The van der Waals surface area contributed by atoms with Crippen LogP contribution in [0.5, 0.6) is 11.6 Å². The molecule has 0 aliphatic carbocycles. The number of carbonyl (C=O) groups is 1. The smallest absolute Gasteiger partial charge is 0.255 e. The summed E-state index contributed by atoms with van der Waals surface area (Å²) in [5.74, 6) is 1.05. The summed E-state index contributed by atoms with van der Waals surface area (Å²) in [7, 11) is 1.54. The molecular formula is C15H16N2O3. The second-order valence-corrected chi connectivity index (χ2v) is 4.00. The van der Waals surface area contributed by atoms with Crippen molar-refractivity contribution < 1.29 is 14.3 Å². The third-order valence-electron chi connectivity index (χ3n) is 2.63. The lowest BCUT2D eigenvalue weighted by atomic mass is 10.2. The molecule has 0 unspecified atom stereocenters. The lowest BCUT2D eigenvalue weighted by Gasteiger charge is -2.07. The quantitative estimate of drug-likeness (QED) is 0.909. The Bertz CT molecular complexity index is 565. The van der Waals surface area contributed by atoms with Crippen molar-refractivity contribution in [2.24, 2.45) is 0 Å². The van der Waals surface area contributed by atoms with Crippen LogP contribution in [0, 0.1) is 0 Å². The summed E-state index contributed by atoms with van der Waals surface area (Å²) < 4.78 is 10.3. The molecule has 0 aliphatic heterocycles. The van der Waals surface area contributed by atoms with Crippen LogP contribution in [-0.2, 0) is 0 Å². The zero-order valence-electron chi connectivity index (χ0n) is 11.4. The van der Waals surface area contributed by atoms with Crippen molar-refractivity contribution in [3.63, 3.8) is 0 Å². The molecular weight excluding hydrogens is 256 g/mol. The van der Waals surface area contributed by atoms with Crippen LogP contribution >= 0.6 is 0 Å². The molecule has 0 bridgehead atoms. The number of hydrogen-bond acceptors (Lipinski definition) is 4. The number of hydrogen-bond donors (Lipinski definition) is 1. The van der Waals surface area contributed by atoms with E-state index in [1.54, 1.807) is 49.7 Å². The van der Waals surface area contributed by atoms with Gasteiger partial charge in [0.05, 0.1) is 25.6 Å². The van der Waals surface area contributed by atoms with Gasteiger partial charge in [0.15, 0.2) is 0 Å². The van der Waals surface area contributed by atoms with Crippen LogP contribution in [0.4, 0.5) is 5.69 Å². The van der Waals surface area contributed by atoms with E-state index >= 15 is 0 Å². The van der Waals surface area contributed by atoms with Gasteiger partial charge in [-0.2, -0.15) is 0 Å². The number of rotatable bonds is 5. The molecule has 1 heterocycles. The van der Waals surface area contributed by atoms with Crippen LogP contribution in [0.1, 0.15) is 17.3 Å². The Morgan fingerprint density at radius 3 is 2.50 bits per heavy atom. The molecule has 0 fully saturated rings. The topological polar surface area (TPSA) is 60.5 Å². The normalized spacial score (nSPS) is 9.90. The highest BCUT2D eigenvalue weighted by Gasteiger charge is 2.06. The molecule has 5 heteroatoms. The second kappa shape index (κ2) is 6.56. The molecule has 1 amide bonds. The lowest BCUT2D eigenvalue weighted by molar-refractivity contribution is 0.102. The lowest BCUT2D eigenvalue weighted by Crippen LogP contribution is -2.11. The van der Waals surface area contributed by atoms with Crippen molar-refractivity contribution in [1.82, 2.24) is 4.98 Å². The summed E-state index contributed by atoms with van der Waals surface area (Å²) in [5, 5.41) is 2.76. The minimum atomic E-state index is -0.194. The molecule has 1 aromatic heterocycles. The fraction of sp³-hybridized carbons (Fsp3) is 0.200. The minimum absolute atomic E-state index is 0.194. The highest BCUT2D eigenvalue weighted by atomic mass is 16.5. The standard InChI is InChI=1S/C15H16N2O3/c1-3-20-13-7-4-11(5-8-13)15(18)17-12-6-9-14(19-2)16-10-12/h4-10H,3H2,1-2H3,(H,17,18). The Balaban J connectivity index is 2.03. The molecule has 2 rings (SSSR count). The highest BCUT2D eigenvalue weighted by Crippen LogP contribution is 2.15. The Morgan fingerprint density at radius 2 is 1.95 bits per heavy atom. The fourth-order valence-electron chi connectivity index (χ4n) is 1.65. The van der Waals surface area contributed by atoms with E-state index in [1.165, 1.54) is 0 Å². The Labute approximate surface area is 117 Å². The first kappa shape index (κ1) is 13.9. The first-order valence-electron chi connectivity index (χ1n) is 6.27. The van der Waals surface area contributed by atoms with Gasteiger partial charge in [0.1, 0.15) is 5.75 Å². The number of nitrogens with one attached hydrogen (secondary N) is 1. The first-order chi connectivity index (χ1) is 9.72. The summed E-state index contributed by atoms with van der Waals surface area (Å²) in [4.78, 5) is 16.1. The molecule has 0 radical (unpaired) electrons. The number of aromatic nitrogens is 1. The maximum atomic E-state index is 12.0. The molecule has 20 heavy (non-hydrogen) atoms. The summed E-state index contributed by atoms with van der Waals surface area (Å²) in [6.07, 6.45) is 1.55. The average molecular weight is 272 g/mol. The SMILES string of the molecule is CCOc1ccc(C(=O)Nc2ccc(OC)nc2)cc1. The highest BCUT2D eigenvalue weighted by molar-refractivity contribution is 6.04. The molecule has 0 spiro atoms. The monoisotopic (exact) mass is 272 g/mol. The number of methoxy groups -OCH3 is 1. The van der Waals surface area contributed by atoms with Gasteiger partial charge in [-0.05, 0) is 37.3 Å². The van der Waals surface area contributed by atoms with Crippen LogP contribution < -0.4 is 14.8 Å². The van der Waals surface area contributed by atoms with Gasteiger partial charge >= 0.3 is 0 Å².